The SMILES string of the molecule is COc1ccc(CN2CCC(C)C2)cc1CN. The van der Waals surface area contributed by atoms with Gasteiger partial charge >= 0.3 is 0 Å². The van der Waals surface area contributed by atoms with Crippen molar-refractivity contribution in [2.24, 2.45) is 11.7 Å². The van der Waals surface area contributed by atoms with Crippen LogP contribution >= 0.6 is 0 Å². The third-order valence-electron chi connectivity index (χ3n) is 3.48. The Kier molecular flexibility index (Phi) is 4.02. The number of rotatable bonds is 4. The van der Waals surface area contributed by atoms with Crippen LogP contribution in [0, 0.1) is 5.92 Å². The van der Waals surface area contributed by atoms with Crippen LogP contribution in [-0.4, -0.2) is 25.1 Å². The standard InChI is InChI=1S/C14H22N2O/c1-11-5-6-16(9-11)10-12-3-4-14(17-2)13(7-12)8-15/h3-4,7,11H,5-6,8-10,15H2,1-2H3. The summed E-state index contributed by atoms with van der Waals surface area (Å²) in [6, 6.07) is 6.33. The Hall–Kier alpha value is -1.06. The minimum absolute atomic E-state index is 0.535. The predicted molar refractivity (Wildman–Crippen MR) is 69.9 cm³/mol. The van der Waals surface area contributed by atoms with Crippen LogP contribution in [0.15, 0.2) is 18.2 Å². The molecular weight excluding hydrogens is 212 g/mol. The summed E-state index contributed by atoms with van der Waals surface area (Å²) in [4.78, 5) is 2.51. The Morgan fingerprint density at radius 2 is 2.29 bits per heavy atom. The number of nitrogens with zero attached hydrogens (tertiary/aromatic N) is 1. The van der Waals surface area contributed by atoms with Gasteiger partial charge in [0, 0.05) is 25.2 Å². The first-order valence-electron chi connectivity index (χ1n) is 6.31. The van der Waals surface area contributed by atoms with Gasteiger partial charge in [-0.2, -0.15) is 0 Å². The lowest BCUT2D eigenvalue weighted by molar-refractivity contribution is 0.320. The molecule has 0 aromatic heterocycles. The fourth-order valence-corrected chi connectivity index (χ4v) is 2.52. The van der Waals surface area contributed by atoms with Crippen LogP contribution < -0.4 is 10.5 Å². The van der Waals surface area contributed by atoms with Crippen molar-refractivity contribution in [3.63, 3.8) is 0 Å². The molecule has 0 spiro atoms. The summed E-state index contributed by atoms with van der Waals surface area (Å²) in [6.07, 6.45) is 1.32. The summed E-state index contributed by atoms with van der Waals surface area (Å²) in [5, 5.41) is 0. The van der Waals surface area contributed by atoms with Gasteiger partial charge in [0.25, 0.3) is 0 Å². The third kappa shape index (κ3) is 2.99. The molecule has 0 bridgehead atoms. The molecule has 1 aromatic carbocycles. The van der Waals surface area contributed by atoms with Crippen LogP contribution in [0.2, 0.25) is 0 Å². The second-order valence-corrected chi connectivity index (χ2v) is 4.98. The zero-order chi connectivity index (χ0) is 12.3. The molecule has 2 rings (SSSR count). The number of hydrogen-bond donors (Lipinski definition) is 1. The minimum atomic E-state index is 0.535. The van der Waals surface area contributed by atoms with Crippen LogP contribution in [0.3, 0.4) is 0 Å². The van der Waals surface area contributed by atoms with Crippen LogP contribution in [-0.2, 0) is 13.1 Å². The quantitative estimate of drug-likeness (QED) is 0.866. The fourth-order valence-electron chi connectivity index (χ4n) is 2.52. The molecular formula is C14H22N2O. The van der Waals surface area contributed by atoms with E-state index in [2.05, 4.69) is 24.0 Å². The Bertz CT molecular complexity index is 378. The molecule has 2 N–H and O–H groups in total. The van der Waals surface area contributed by atoms with Crippen molar-refractivity contribution in [1.82, 2.24) is 4.90 Å². The Labute approximate surface area is 104 Å². The lowest BCUT2D eigenvalue weighted by Gasteiger charge is -2.16. The highest BCUT2D eigenvalue weighted by molar-refractivity contribution is 5.37. The second-order valence-electron chi connectivity index (χ2n) is 4.98. The van der Waals surface area contributed by atoms with Crippen molar-refractivity contribution >= 4 is 0 Å². The van der Waals surface area contributed by atoms with Crippen molar-refractivity contribution in [3.8, 4) is 5.75 Å². The third-order valence-corrected chi connectivity index (χ3v) is 3.48. The Balaban J connectivity index is 2.06. The van der Waals surface area contributed by atoms with Crippen molar-refractivity contribution < 1.29 is 4.74 Å². The van der Waals surface area contributed by atoms with Gasteiger partial charge in [0.1, 0.15) is 5.75 Å². The van der Waals surface area contributed by atoms with Crippen LogP contribution in [0.1, 0.15) is 24.5 Å². The van der Waals surface area contributed by atoms with E-state index in [4.69, 9.17) is 10.5 Å². The molecule has 1 heterocycles. The highest BCUT2D eigenvalue weighted by atomic mass is 16.5. The number of benzene rings is 1. The first-order chi connectivity index (χ1) is 8.22. The molecule has 1 aliphatic rings. The molecule has 1 atom stereocenters. The van der Waals surface area contributed by atoms with E-state index in [1.165, 1.54) is 25.1 Å². The average molecular weight is 234 g/mol. The zero-order valence-electron chi connectivity index (χ0n) is 10.8. The van der Waals surface area contributed by atoms with Gasteiger partial charge in [-0.3, -0.25) is 4.90 Å². The minimum Gasteiger partial charge on any atom is -0.496 e. The van der Waals surface area contributed by atoms with Gasteiger partial charge in [-0.05, 0) is 36.6 Å². The first kappa shape index (κ1) is 12.4. The van der Waals surface area contributed by atoms with E-state index >= 15 is 0 Å². The molecule has 1 aromatic rings. The molecule has 17 heavy (non-hydrogen) atoms. The molecule has 0 aliphatic carbocycles. The molecule has 1 saturated heterocycles. The van der Waals surface area contributed by atoms with E-state index in [1.807, 2.05) is 6.07 Å². The lowest BCUT2D eigenvalue weighted by Crippen LogP contribution is -2.19. The molecule has 0 radical (unpaired) electrons. The normalized spacial score (nSPS) is 20.8. The van der Waals surface area contributed by atoms with E-state index in [-0.39, 0.29) is 0 Å². The van der Waals surface area contributed by atoms with Crippen LogP contribution in [0.25, 0.3) is 0 Å². The smallest absolute Gasteiger partial charge is 0.123 e. The maximum Gasteiger partial charge on any atom is 0.123 e. The van der Waals surface area contributed by atoms with E-state index in [1.54, 1.807) is 7.11 Å². The molecule has 1 unspecified atom stereocenters. The van der Waals surface area contributed by atoms with Gasteiger partial charge in [-0.25, -0.2) is 0 Å². The largest absolute Gasteiger partial charge is 0.496 e. The second kappa shape index (κ2) is 5.52. The highest BCUT2D eigenvalue weighted by Crippen LogP contribution is 2.22. The number of hydrogen-bond acceptors (Lipinski definition) is 3. The van der Waals surface area contributed by atoms with Crippen molar-refractivity contribution in [3.05, 3.63) is 29.3 Å². The monoisotopic (exact) mass is 234 g/mol. The number of nitrogens with two attached hydrogens (primary N) is 1. The van der Waals surface area contributed by atoms with Crippen LogP contribution in [0.5, 0.6) is 5.75 Å². The van der Waals surface area contributed by atoms with Crippen LogP contribution in [0.4, 0.5) is 0 Å². The topological polar surface area (TPSA) is 38.5 Å². The van der Waals surface area contributed by atoms with Crippen molar-refractivity contribution in [1.29, 1.82) is 0 Å². The molecule has 94 valence electrons. The molecule has 3 heteroatoms. The summed E-state index contributed by atoms with van der Waals surface area (Å²) in [6.45, 7) is 6.31. The summed E-state index contributed by atoms with van der Waals surface area (Å²) < 4.78 is 5.28. The van der Waals surface area contributed by atoms with E-state index < -0.39 is 0 Å². The Morgan fingerprint density at radius 1 is 1.47 bits per heavy atom. The van der Waals surface area contributed by atoms with Gasteiger partial charge in [-0.15, -0.1) is 0 Å². The van der Waals surface area contributed by atoms with E-state index in [0.29, 0.717) is 6.54 Å². The summed E-state index contributed by atoms with van der Waals surface area (Å²) in [5.41, 5.74) is 8.16. The van der Waals surface area contributed by atoms with Gasteiger partial charge in [0.15, 0.2) is 0 Å². The summed E-state index contributed by atoms with van der Waals surface area (Å²) in [5.74, 6) is 1.73. The zero-order valence-corrected chi connectivity index (χ0v) is 10.8. The molecule has 0 amide bonds. The Morgan fingerprint density at radius 3 is 2.88 bits per heavy atom. The molecule has 3 nitrogen and oxygen atoms in total. The van der Waals surface area contributed by atoms with E-state index in [9.17, 15) is 0 Å². The van der Waals surface area contributed by atoms with Gasteiger partial charge < -0.3 is 10.5 Å². The maximum absolute atomic E-state index is 5.73. The van der Waals surface area contributed by atoms with Gasteiger partial charge in [0.2, 0.25) is 0 Å². The predicted octanol–water partition coefficient (Wildman–Crippen LogP) is 2.00. The summed E-state index contributed by atoms with van der Waals surface area (Å²) >= 11 is 0. The number of methoxy groups -OCH3 is 1. The highest BCUT2D eigenvalue weighted by Gasteiger charge is 2.18. The van der Waals surface area contributed by atoms with Crippen molar-refractivity contribution in [2.75, 3.05) is 20.2 Å². The molecule has 0 saturated carbocycles. The van der Waals surface area contributed by atoms with Gasteiger partial charge in [0.05, 0.1) is 7.11 Å². The molecule has 1 fully saturated rings. The first-order valence-corrected chi connectivity index (χ1v) is 6.31. The number of ether oxygens (including phenoxy) is 1. The van der Waals surface area contributed by atoms with E-state index in [0.717, 1.165) is 23.8 Å². The van der Waals surface area contributed by atoms with Gasteiger partial charge in [-0.1, -0.05) is 13.0 Å². The maximum atomic E-state index is 5.73. The molecule has 1 aliphatic heterocycles. The average Bonchev–Trinajstić information content (AvgIpc) is 2.74. The summed E-state index contributed by atoms with van der Waals surface area (Å²) in [7, 11) is 1.69. The van der Waals surface area contributed by atoms with Crippen molar-refractivity contribution in [2.45, 2.75) is 26.4 Å². The number of likely N-dealkylation sites (tertiary alicyclic amines) is 1. The lowest BCUT2D eigenvalue weighted by atomic mass is 10.1. The fraction of sp³-hybridized carbons (Fsp3) is 0.571.